The normalized spacial score (nSPS) is 11.8. The van der Waals surface area contributed by atoms with Gasteiger partial charge in [-0.1, -0.05) is 25.1 Å². The highest BCUT2D eigenvalue weighted by Gasteiger charge is 2.15. The summed E-state index contributed by atoms with van der Waals surface area (Å²) in [7, 11) is -1.69. The van der Waals surface area contributed by atoms with Gasteiger partial charge in [-0.25, -0.2) is 13.1 Å². The van der Waals surface area contributed by atoms with Crippen molar-refractivity contribution in [2.75, 3.05) is 18.4 Å². The quantitative estimate of drug-likeness (QED) is 0.625. The van der Waals surface area contributed by atoms with E-state index in [1.807, 2.05) is 31.2 Å². The number of pyridine rings is 1. The number of nitrogens with one attached hydrogen (secondary N) is 2. The number of rotatable bonds is 7. The molecule has 0 spiro atoms. The molecular formula is C19H24N4O2S. The largest absolute Gasteiger partial charge is 0.383 e. The Morgan fingerprint density at radius 3 is 2.62 bits per heavy atom. The molecule has 0 saturated heterocycles. The summed E-state index contributed by atoms with van der Waals surface area (Å²) in [6, 6.07) is 9.58. The van der Waals surface area contributed by atoms with Gasteiger partial charge in [-0.3, -0.25) is 4.98 Å². The van der Waals surface area contributed by atoms with E-state index in [-0.39, 0.29) is 4.90 Å². The third-order valence-electron chi connectivity index (χ3n) is 4.39. The zero-order chi connectivity index (χ0) is 18.7. The zero-order valence-electron chi connectivity index (χ0n) is 15.3. The summed E-state index contributed by atoms with van der Waals surface area (Å²) >= 11 is 0. The number of aromatic nitrogens is 2. The van der Waals surface area contributed by atoms with Crippen molar-refractivity contribution in [3.8, 4) is 0 Å². The summed E-state index contributed by atoms with van der Waals surface area (Å²) in [5.41, 5.74) is 4.14. The summed E-state index contributed by atoms with van der Waals surface area (Å²) in [6.45, 7) is 4.90. The summed E-state index contributed by atoms with van der Waals surface area (Å²) in [4.78, 5) is 4.94. The van der Waals surface area contributed by atoms with Crippen LogP contribution in [-0.4, -0.2) is 31.1 Å². The Kier molecular flexibility index (Phi) is 5.29. The van der Waals surface area contributed by atoms with E-state index in [0.717, 1.165) is 34.3 Å². The molecule has 0 atom stereocenters. The van der Waals surface area contributed by atoms with E-state index in [1.54, 1.807) is 30.1 Å². The molecule has 2 heterocycles. The smallest absolute Gasteiger partial charge is 0.242 e. The molecule has 138 valence electrons. The molecule has 0 fully saturated rings. The van der Waals surface area contributed by atoms with E-state index in [2.05, 4.69) is 21.9 Å². The first-order chi connectivity index (χ1) is 12.4. The number of aryl methyl sites for hydroxylation is 2. The number of hydrogen-bond donors (Lipinski definition) is 2. The van der Waals surface area contributed by atoms with E-state index in [1.165, 1.54) is 0 Å². The molecule has 26 heavy (non-hydrogen) atoms. The van der Waals surface area contributed by atoms with Crippen LogP contribution in [0.3, 0.4) is 0 Å². The maximum absolute atomic E-state index is 12.3. The fourth-order valence-electron chi connectivity index (χ4n) is 3.10. The molecule has 0 amide bonds. The van der Waals surface area contributed by atoms with Crippen molar-refractivity contribution in [3.63, 3.8) is 0 Å². The standard InChI is InChI=1S/C19H24N4O2S/c1-4-16-14(2)22-18-8-6-5-7-17(18)19(16)20-10-11-21-26(24,25)15-9-12-23(3)13-15/h5-9,12-13,21H,4,10-11H2,1-3H3,(H,20,22). The molecule has 0 aliphatic rings. The molecule has 0 radical (unpaired) electrons. The summed E-state index contributed by atoms with van der Waals surface area (Å²) < 4.78 is 28.9. The molecule has 2 N–H and O–H groups in total. The van der Waals surface area contributed by atoms with Gasteiger partial charge in [0.2, 0.25) is 10.0 Å². The Hall–Kier alpha value is -2.38. The molecule has 0 unspecified atom stereocenters. The Morgan fingerprint density at radius 1 is 1.15 bits per heavy atom. The first-order valence-electron chi connectivity index (χ1n) is 8.66. The van der Waals surface area contributed by atoms with Crippen LogP contribution in [0.15, 0.2) is 47.6 Å². The van der Waals surface area contributed by atoms with Gasteiger partial charge in [0, 0.05) is 49.3 Å². The molecule has 6 nitrogen and oxygen atoms in total. The fraction of sp³-hybridized carbons (Fsp3) is 0.316. The Labute approximate surface area is 154 Å². The van der Waals surface area contributed by atoms with Crippen LogP contribution in [0.5, 0.6) is 0 Å². The molecule has 3 aromatic rings. The van der Waals surface area contributed by atoms with E-state index in [0.29, 0.717) is 13.1 Å². The minimum atomic E-state index is -3.48. The van der Waals surface area contributed by atoms with Crippen molar-refractivity contribution in [2.45, 2.75) is 25.2 Å². The molecule has 0 saturated carbocycles. The lowest BCUT2D eigenvalue weighted by atomic mass is 10.0. The highest BCUT2D eigenvalue weighted by Crippen LogP contribution is 2.28. The molecule has 3 rings (SSSR count). The lowest BCUT2D eigenvalue weighted by molar-refractivity contribution is 0.582. The predicted molar refractivity (Wildman–Crippen MR) is 105 cm³/mol. The third kappa shape index (κ3) is 3.73. The molecular weight excluding hydrogens is 348 g/mol. The van der Waals surface area contributed by atoms with Crippen molar-refractivity contribution in [1.82, 2.24) is 14.3 Å². The van der Waals surface area contributed by atoms with E-state index >= 15 is 0 Å². The number of anilines is 1. The number of benzene rings is 1. The van der Waals surface area contributed by atoms with Crippen LogP contribution in [0.4, 0.5) is 5.69 Å². The van der Waals surface area contributed by atoms with Crippen molar-refractivity contribution in [2.24, 2.45) is 7.05 Å². The second-order valence-electron chi connectivity index (χ2n) is 6.26. The fourth-order valence-corrected chi connectivity index (χ4v) is 4.18. The van der Waals surface area contributed by atoms with Crippen LogP contribution >= 0.6 is 0 Å². The van der Waals surface area contributed by atoms with Gasteiger partial charge in [0.1, 0.15) is 0 Å². The molecule has 0 aliphatic carbocycles. The summed E-state index contributed by atoms with van der Waals surface area (Å²) in [6.07, 6.45) is 4.17. The third-order valence-corrected chi connectivity index (χ3v) is 5.83. The lowest BCUT2D eigenvalue weighted by Gasteiger charge is -2.16. The maximum atomic E-state index is 12.3. The predicted octanol–water partition coefficient (Wildman–Crippen LogP) is 2.83. The van der Waals surface area contributed by atoms with Crippen molar-refractivity contribution in [3.05, 3.63) is 54.0 Å². The monoisotopic (exact) mass is 372 g/mol. The van der Waals surface area contributed by atoms with Gasteiger partial charge < -0.3 is 9.88 Å². The minimum absolute atomic E-state index is 0.277. The zero-order valence-corrected chi connectivity index (χ0v) is 16.1. The van der Waals surface area contributed by atoms with Gasteiger partial charge in [-0.05, 0) is 31.0 Å². The van der Waals surface area contributed by atoms with Crippen LogP contribution < -0.4 is 10.0 Å². The van der Waals surface area contributed by atoms with Crippen molar-refractivity contribution < 1.29 is 8.42 Å². The maximum Gasteiger partial charge on any atom is 0.242 e. The average molecular weight is 372 g/mol. The Bertz CT molecular complexity index is 1030. The van der Waals surface area contributed by atoms with Crippen LogP contribution in [0.1, 0.15) is 18.2 Å². The van der Waals surface area contributed by atoms with Gasteiger partial charge in [-0.2, -0.15) is 0 Å². The number of para-hydroxylation sites is 1. The molecule has 0 aliphatic heterocycles. The average Bonchev–Trinajstić information content (AvgIpc) is 3.05. The van der Waals surface area contributed by atoms with Crippen LogP contribution in [-0.2, 0) is 23.5 Å². The highest BCUT2D eigenvalue weighted by molar-refractivity contribution is 7.89. The van der Waals surface area contributed by atoms with E-state index in [9.17, 15) is 8.42 Å². The number of sulfonamides is 1. The van der Waals surface area contributed by atoms with Crippen LogP contribution in [0.2, 0.25) is 0 Å². The van der Waals surface area contributed by atoms with Gasteiger partial charge in [-0.15, -0.1) is 0 Å². The number of fused-ring (bicyclic) bond motifs is 1. The van der Waals surface area contributed by atoms with Crippen molar-refractivity contribution in [1.29, 1.82) is 0 Å². The number of hydrogen-bond acceptors (Lipinski definition) is 4. The van der Waals surface area contributed by atoms with Crippen LogP contribution in [0.25, 0.3) is 10.9 Å². The van der Waals surface area contributed by atoms with E-state index in [4.69, 9.17) is 0 Å². The SMILES string of the molecule is CCc1c(C)nc2ccccc2c1NCCNS(=O)(=O)c1ccn(C)c1. The van der Waals surface area contributed by atoms with Gasteiger partial charge in [0.05, 0.1) is 10.4 Å². The minimum Gasteiger partial charge on any atom is -0.383 e. The van der Waals surface area contributed by atoms with Gasteiger partial charge >= 0.3 is 0 Å². The van der Waals surface area contributed by atoms with Crippen LogP contribution in [0, 0.1) is 6.92 Å². The molecule has 0 bridgehead atoms. The molecule has 1 aromatic carbocycles. The Morgan fingerprint density at radius 2 is 1.92 bits per heavy atom. The first-order valence-corrected chi connectivity index (χ1v) is 10.1. The Balaban J connectivity index is 1.74. The highest BCUT2D eigenvalue weighted by atomic mass is 32.2. The van der Waals surface area contributed by atoms with Gasteiger partial charge in [0.15, 0.2) is 0 Å². The van der Waals surface area contributed by atoms with Gasteiger partial charge in [0.25, 0.3) is 0 Å². The van der Waals surface area contributed by atoms with Crippen molar-refractivity contribution >= 4 is 26.6 Å². The topological polar surface area (TPSA) is 76.0 Å². The second kappa shape index (κ2) is 7.47. The first kappa shape index (κ1) is 18.4. The second-order valence-corrected chi connectivity index (χ2v) is 8.03. The molecule has 7 heteroatoms. The lowest BCUT2D eigenvalue weighted by Crippen LogP contribution is -2.29. The number of nitrogens with zero attached hydrogens (tertiary/aromatic N) is 2. The summed E-state index contributed by atoms with van der Waals surface area (Å²) in [5, 5.41) is 4.46. The summed E-state index contributed by atoms with van der Waals surface area (Å²) in [5.74, 6) is 0. The van der Waals surface area contributed by atoms with E-state index < -0.39 is 10.0 Å². The molecule has 2 aromatic heterocycles.